The fourth-order valence-corrected chi connectivity index (χ4v) is 3.22. The molecular formula is C19H19N5O3. The van der Waals surface area contributed by atoms with Gasteiger partial charge in [0.2, 0.25) is 0 Å². The number of hydrogen-bond donors (Lipinski definition) is 1. The molecule has 1 aliphatic rings. The Morgan fingerprint density at radius 1 is 1.30 bits per heavy atom. The second-order valence-corrected chi connectivity index (χ2v) is 6.44. The quantitative estimate of drug-likeness (QED) is 0.736. The van der Waals surface area contributed by atoms with Crippen LogP contribution in [-0.2, 0) is 11.3 Å². The van der Waals surface area contributed by atoms with Crippen LogP contribution in [0.2, 0.25) is 0 Å². The van der Waals surface area contributed by atoms with Gasteiger partial charge in [0.1, 0.15) is 11.5 Å². The number of carbonyl (C=O) groups excluding carboxylic acids is 1. The second-order valence-electron chi connectivity index (χ2n) is 6.44. The molecule has 1 atom stereocenters. The van der Waals surface area contributed by atoms with E-state index in [0.717, 1.165) is 12.8 Å². The zero-order valence-corrected chi connectivity index (χ0v) is 14.7. The lowest BCUT2D eigenvalue weighted by Gasteiger charge is -2.24. The third kappa shape index (κ3) is 3.85. The first-order chi connectivity index (χ1) is 13.2. The number of carbonyl (C=O) groups is 1. The zero-order chi connectivity index (χ0) is 18.6. The highest BCUT2D eigenvalue weighted by Crippen LogP contribution is 2.16. The van der Waals surface area contributed by atoms with Gasteiger partial charge in [0.05, 0.1) is 29.7 Å². The average Bonchev–Trinajstić information content (AvgIpc) is 3.21. The molecule has 1 aromatic carbocycles. The number of benzene rings is 1. The van der Waals surface area contributed by atoms with E-state index in [0.29, 0.717) is 29.9 Å². The molecule has 8 heteroatoms. The van der Waals surface area contributed by atoms with Crippen molar-refractivity contribution >= 4 is 16.8 Å². The first-order valence-corrected chi connectivity index (χ1v) is 8.85. The number of amides is 1. The van der Waals surface area contributed by atoms with Crippen LogP contribution >= 0.6 is 0 Å². The minimum atomic E-state index is -0.269. The van der Waals surface area contributed by atoms with E-state index in [9.17, 15) is 9.59 Å². The van der Waals surface area contributed by atoms with Gasteiger partial charge in [-0.1, -0.05) is 12.1 Å². The van der Waals surface area contributed by atoms with Crippen molar-refractivity contribution < 1.29 is 9.53 Å². The van der Waals surface area contributed by atoms with Crippen molar-refractivity contribution in [2.75, 3.05) is 13.2 Å². The lowest BCUT2D eigenvalue weighted by atomic mass is 10.2. The third-order valence-corrected chi connectivity index (χ3v) is 4.52. The molecule has 0 spiro atoms. The molecule has 3 aromatic rings. The highest BCUT2D eigenvalue weighted by Gasteiger charge is 2.25. The Morgan fingerprint density at radius 3 is 2.96 bits per heavy atom. The lowest BCUT2D eigenvalue weighted by Crippen LogP contribution is -2.38. The summed E-state index contributed by atoms with van der Waals surface area (Å²) in [6.07, 6.45) is 6.27. The largest absolute Gasteiger partial charge is 0.376 e. The summed E-state index contributed by atoms with van der Waals surface area (Å²) in [6, 6.07) is 7.12. The Kier molecular flexibility index (Phi) is 4.88. The lowest BCUT2D eigenvalue weighted by molar-refractivity contribution is 0.0496. The van der Waals surface area contributed by atoms with E-state index in [1.54, 1.807) is 23.1 Å². The summed E-state index contributed by atoms with van der Waals surface area (Å²) in [7, 11) is 0. The Labute approximate surface area is 155 Å². The van der Waals surface area contributed by atoms with Gasteiger partial charge in [0.15, 0.2) is 0 Å². The van der Waals surface area contributed by atoms with E-state index in [4.69, 9.17) is 4.74 Å². The number of aromatic nitrogens is 4. The van der Waals surface area contributed by atoms with Crippen LogP contribution in [-0.4, -0.2) is 50.0 Å². The Balaban J connectivity index is 1.64. The van der Waals surface area contributed by atoms with Crippen LogP contribution in [0.3, 0.4) is 0 Å². The van der Waals surface area contributed by atoms with E-state index < -0.39 is 0 Å². The van der Waals surface area contributed by atoms with Gasteiger partial charge >= 0.3 is 0 Å². The van der Waals surface area contributed by atoms with Gasteiger partial charge in [-0.2, -0.15) is 0 Å². The van der Waals surface area contributed by atoms with Crippen molar-refractivity contribution in [2.45, 2.75) is 25.5 Å². The van der Waals surface area contributed by atoms with Gasteiger partial charge in [-0.15, -0.1) is 0 Å². The number of H-pyrrole nitrogens is 1. The van der Waals surface area contributed by atoms with Crippen LogP contribution in [0, 0.1) is 0 Å². The highest BCUT2D eigenvalue weighted by atomic mass is 16.5. The monoisotopic (exact) mass is 365 g/mol. The number of aromatic amines is 1. The Hall–Kier alpha value is -3.13. The Morgan fingerprint density at radius 2 is 2.19 bits per heavy atom. The van der Waals surface area contributed by atoms with Gasteiger partial charge in [-0.25, -0.2) is 9.97 Å². The topological polar surface area (TPSA) is 101 Å². The highest BCUT2D eigenvalue weighted by molar-refractivity contribution is 5.92. The Bertz CT molecular complexity index is 999. The fraction of sp³-hybridized carbons (Fsp3) is 0.316. The molecule has 4 rings (SSSR count). The number of nitrogens with zero attached hydrogens (tertiary/aromatic N) is 4. The molecule has 0 unspecified atom stereocenters. The van der Waals surface area contributed by atoms with Crippen LogP contribution in [0.25, 0.3) is 10.9 Å². The molecule has 1 aliphatic heterocycles. The number of ether oxygens (including phenoxy) is 1. The van der Waals surface area contributed by atoms with E-state index >= 15 is 0 Å². The SMILES string of the molecule is O=C(c1cnccn1)N(Cc1nc2ccccc2c(=O)[nH]1)C[C@H]1CCCO1. The number of hydrogen-bond acceptors (Lipinski definition) is 6. The molecular weight excluding hydrogens is 346 g/mol. The number of nitrogens with one attached hydrogen (secondary N) is 1. The molecule has 0 saturated carbocycles. The predicted octanol–water partition coefficient (Wildman–Crippen LogP) is 1.53. The van der Waals surface area contributed by atoms with Gasteiger partial charge in [-0.05, 0) is 25.0 Å². The van der Waals surface area contributed by atoms with Crippen molar-refractivity contribution in [3.05, 3.63) is 64.7 Å². The van der Waals surface area contributed by atoms with Gasteiger partial charge < -0.3 is 14.6 Å². The molecule has 0 radical (unpaired) electrons. The normalized spacial score (nSPS) is 16.5. The molecule has 1 fully saturated rings. The maximum Gasteiger partial charge on any atom is 0.274 e. The molecule has 2 aromatic heterocycles. The van der Waals surface area contributed by atoms with Gasteiger partial charge in [0.25, 0.3) is 11.5 Å². The summed E-state index contributed by atoms with van der Waals surface area (Å²) in [5.74, 6) is 0.156. The van der Waals surface area contributed by atoms with Crippen molar-refractivity contribution in [3.63, 3.8) is 0 Å². The number of fused-ring (bicyclic) bond motifs is 1. The summed E-state index contributed by atoms with van der Waals surface area (Å²) in [5, 5.41) is 0.521. The first kappa shape index (κ1) is 17.3. The minimum absolute atomic E-state index is 0.0298. The first-order valence-electron chi connectivity index (χ1n) is 8.85. The molecule has 8 nitrogen and oxygen atoms in total. The van der Waals surface area contributed by atoms with E-state index in [2.05, 4.69) is 19.9 Å². The number of para-hydroxylation sites is 1. The van der Waals surface area contributed by atoms with E-state index in [-0.39, 0.29) is 29.8 Å². The van der Waals surface area contributed by atoms with Crippen LogP contribution in [0.5, 0.6) is 0 Å². The molecule has 1 N–H and O–H groups in total. The molecule has 3 heterocycles. The smallest absolute Gasteiger partial charge is 0.274 e. The molecule has 0 aliphatic carbocycles. The molecule has 27 heavy (non-hydrogen) atoms. The van der Waals surface area contributed by atoms with Gasteiger partial charge in [0, 0.05) is 25.5 Å². The van der Waals surface area contributed by atoms with Crippen LogP contribution in [0.1, 0.15) is 29.2 Å². The molecule has 1 saturated heterocycles. The molecule has 138 valence electrons. The predicted molar refractivity (Wildman–Crippen MR) is 98.1 cm³/mol. The zero-order valence-electron chi connectivity index (χ0n) is 14.7. The summed E-state index contributed by atoms with van der Waals surface area (Å²) < 4.78 is 5.68. The minimum Gasteiger partial charge on any atom is -0.376 e. The summed E-state index contributed by atoms with van der Waals surface area (Å²) in [5.41, 5.74) is 0.624. The van der Waals surface area contributed by atoms with Crippen molar-refractivity contribution in [3.8, 4) is 0 Å². The molecule has 0 bridgehead atoms. The van der Waals surface area contributed by atoms with Gasteiger partial charge in [-0.3, -0.25) is 14.6 Å². The van der Waals surface area contributed by atoms with Crippen LogP contribution < -0.4 is 5.56 Å². The van der Waals surface area contributed by atoms with E-state index in [1.165, 1.54) is 18.6 Å². The van der Waals surface area contributed by atoms with Crippen molar-refractivity contribution in [2.24, 2.45) is 0 Å². The molecule has 1 amide bonds. The summed E-state index contributed by atoms with van der Waals surface area (Å²) in [4.78, 5) is 42.2. The van der Waals surface area contributed by atoms with Crippen LogP contribution in [0.15, 0.2) is 47.7 Å². The maximum atomic E-state index is 12.9. The average molecular weight is 365 g/mol. The summed E-state index contributed by atoms with van der Waals surface area (Å²) >= 11 is 0. The fourth-order valence-electron chi connectivity index (χ4n) is 3.22. The summed E-state index contributed by atoms with van der Waals surface area (Å²) in [6.45, 7) is 1.27. The maximum absolute atomic E-state index is 12.9. The van der Waals surface area contributed by atoms with Crippen molar-refractivity contribution in [1.29, 1.82) is 0 Å². The van der Waals surface area contributed by atoms with E-state index in [1.807, 2.05) is 6.07 Å². The second kappa shape index (κ2) is 7.63. The standard InChI is InChI=1S/C19H19N5O3/c25-18-14-5-1-2-6-15(14)22-17(23-18)12-24(11-13-4-3-9-27-13)19(26)16-10-20-7-8-21-16/h1-2,5-8,10,13H,3-4,9,11-12H2,(H,22,23,25)/t13-/m1/s1. The number of rotatable bonds is 5. The third-order valence-electron chi connectivity index (χ3n) is 4.52. The van der Waals surface area contributed by atoms with Crippen LogP contribution in [0.4, 0.5) is 0 Å². The van der Waals surface area contributed by atoms with Crippen molar-refractivity contribution in [1.82, 2.24) is 24.8 Å².